The largest absolute Gasteiger partial charge is 0.756 e. The molecule has 1 saturated heterocycles. The average molecular weight is 329 g/mol. The molecule has 1 rings (SSSR count). The van der Waals surface area contributed by atoms with Crippen molar-refractivity contribution in [3.63, 3.8) is 0 Å². The number of halogens is 6. The van der Waals surface area contributed by atoms with Crippen LogP contribution in [0.4, 0.5) is 26.3 Å². The molecule has 0 saturated carbocycles. The van der Waals surface area contributed by atoms with Crippen molar-refractivity contribution in [1.29, 1.82) is 0 Å². The third kappa shape index (κ3) is 2.70. The van der Waals surface area contributed by atoms with Crippen LogP contribution >= 0.6 is 7.82 Å². The lowest BCUT2D eigenvalue weighted by Gasteiger charge is -2.41. The standard InChI is InChI=1S/C9H13F6O4P/c1-5(2)8(13)9(14,15)7(11,12)6(10)3-4-18-20(16,17)19-8/h5-6H,3-4H2,1-2H3,(H,16,17)/p-1. The number of phosphoric acid groups is 1. The van der Waals surface area contributed by atoms with Crippen molar-refractivity contribution in [1.82, 2.24) is 0 Å². The van der Waals surface area contributed by atoms with Crippen LogP contribution in [0.5, 0.6) is 0 Å². The Balaban J connectivity index is 3.44. The first-order valence-corrected chi connectivity index (χ1v) is 6.99. The Labute approximate surface area is 110 Å². The summed E-state index contributed by atoms with van der Waals surface area (Å²) < 4.78 is 100. The Bertz CT molecular complexity index is 417. The van der Waals surface area contributed by atoms with E-state index in [-0.39, 0.29) is 0 Å². The van der Waals surface area contributed by atoms with Crippen molar-refractivity contribution in [3.05, 3.63) is 0 Å². The van der Waals surface area contributed by atoms with Crippen LogP contribution in [0.25, 0.3) is 0 Å². The van der Waals surface area contributed by atoms with E-state index in [0.29, 0.717) is 13.8 Å². The molecule has 4 nitrogen and oxygen atoms in total. The molecule has 1 fully saturated rings. The predicted octanol–water partition coefficient (Wildman–Crippen LogP) is 2.82. The first kappa shape index (κ1) is 17.7. The topological polar surface area (TPSA) is 58.6 Å². The lowest BCUT2D eigenvalue weighted by molar-refractivity contribution is -0.362. The summed E-state index contributed by atoms with van der Waals surface area (Å²) in [6.45, 7) is 0.214. The first-order valence-electron chi connectivity index (χ1n) is 5.53. The molecule has 0 aromatic rings. The van der Waals surface area contributed by atoms with Gasteiger partial charge in [-0.25, -0.2) is 8.78 Å². The highest BCUT2D eigenvalue weighted by molar-refractivity contribution is 7.45. The number of alkyl halides is 6. The zero-order valence-electron chi connectivity index (χ0n) is 10.4. The van der Waals surface area contributed by atoms with Gasteiger partial charge in [0.15, 0.2) is 6.17 Å². The molecular formula is C9H12F6O4P-. The molecule has 20 heavy (non-hydrogen) atoms. The summed E-state index contributed by atoms with van der Waals surface area (Å²) in [5, 5.41) is 0. The molecule has 1 aliphatic rings. The molecule has 0 aromatic carbocycles. The van der Waals surface area contributed by atoms with Gasteiger partial charge in [0, 0.05) is 12.3 Å². The van der Waals surface area contributed by atoms with E-state index in [9.17, 15) is 35.8 Å². The van der Waals surface area contributed by atoms with Crippen molar-refractivity contribution in [3.8, 4) is 0 Å². The van der Waals surface area contributed by atoms with Gasteiger partial charge in [0.25, 0.3) is 13.7 Å². The van der Waals surface area contributed by atoms with E-state index in [2.05, 4.69) is 9.05 Å². The van der Waals surface area contributed by atoms with Gasteiger partial charge in [-0.1, -0.05) is 13.8 Å². The highest BCUT2D eigenvalue weighted by Crippen LogP contribution is 2.58. The fourth-order valence-electron chi connectivity index (χ4n) is 1.59. The van der Waals surface area contributed by atoms with E-state index in [1.54, 1.807) is 0 Å². The van der Waals surface area contributed by atoms with Gasteiger partial charge in [-0.15, -0.1) is 0 Å². The summed E-state index contributed by atoms with van der Waals surface area (Å²) in [4.78, 5) is 11.1. The minimum atomic E-state index is -5.71. The summed E-state index contributed by atoms with van der Waals surface area (Å²) in [6, 6.07) is 0. The molecule has 0 N–H and O–H groups in total. The predicted molar refractivity (Wildman–Crippen MR) is 52.7 cm³/mol. The second kappa shape index (κ2) is 5.15. The van der Waals surface area contributed by atoms with Gasteiger partial charge >= 0.3 is 11.8 Å². The van der Waals surface area contributed by atoms with Crippen molar-refractivity contribution >= 4 is 7.82 Å². The highest BCUT2D eigenvalue weighted by atomic mass is 31.2. The lowest BCUT2D eigenvalue weighted by Crippen LogP contribution is -2.62. The van der Waals surface area contributed by atoms with Crippen LogP contribution < -0.4 is 4.89 Å². The second-order valence-corrected chi connectivity index (χ2v) is 5.96. The van der Waals surface area contributed by atoms with Gasteiger partial charge in [-0.2, -0.15) is 17.6 Å². The third-order valence-electron chi connectivity index (χ3n) is 2.85. The van der Waals surface area contributed by atoms with Gasteiger partial charge in [-0.3, -0.25) is 9.09 Å². The number of phosphoric ester groups is 1. The number of hydrogen-bond donors (Lipinski definition) is 0. The van der Waals surface area contributed by atoms with E-state index in [1.807, 2.05) is 0 Å². The van der Waals surface area contributed by atoms with Gasteiger partial charge in [0.1, 0.15) is 0 Å². The van der Waals surface area contributed by atoms with Crippen LogP contribution in [0, 0.1) is 5.92 Å². The van der Waals surface area contributed by atoms with Gasteiger partial charge in [0.2, 0.25) is 0 Å². The van der Waals surface area contributed by atoms with Crippen molar-refractivity contribution in [2.45, 2.75) is 44.1 Å². The summed E-state index contributed by atoms with van der Waals surface area (Å²) >= 11 is 0. The quantitative estimate of drug-likeness (QED) is 0.548. The minimum Gasteiger partial charge on any atom is -0.756 e. The summed E-state index contributed by atoms with van der Waals surface area (Å²) in [7, 11) is -5.63. The average Bonchev–Trinajstić information content (AvgIpc) is 2.27. The van der Waals surface area contributed by atoms with Crippen LogP contribution in [-0.4, -0.2) is 30.5 Å². The summed E-state index contributed by atoms with van der Waals surface area (Å²) in [6.07, 6.45) is -4.85. The van der Waals surface area contributed by atoms with Crippen LogP contribution in [0.2, 0.25) is 0 Å². The highest BCUT2D eigenvalue weighted by Gasteiger charge is 2.76. The molecule has 0 bridgehead atoms. The van der Waals surface area contributed by atoms with E-state index < -0.39 is 50.6 Å². The third-order valence-corrected chi connectivity index (χ3v) is 3.84. The molecule has 0 radical (unpaired) electrons. The van der Waals surface area contributed by atoms with Gasteiger partial charge in [0.05, 0.1) is 6.61 Å². The molecule has 0 aromatic heterocycles. The van der Waals surface area contributed by atoms with E-state index in [0.717, 1.165) is 0 Å². The molecular weight excluding hydrogens is 317 g/mol. The molecule has 1 aliphatic heterocycles. The molecule has 11 heteroatoms. The first-order chi connectivity index (χ1) is 8.78. The van der Waals surface area contributed by atoms with Crippen molar-refractivity contribution in [2.75, 3.05) is 6.61 Å². The molecule has 1 heterocycles. The summed E-state index contributed by atoms with van der Waals surface area (Å²) in [5.74, 6) is -17.8. The van der Waals surface area contributed by atoms with Gasteiger partial charge in [-0.05, 0) is 0 Å². The van der Waals surface area contributed by atoms with E-state index in [1.165, 1.54) is 0 Å². The Kier molecular flexibility index (Phi) is 4.57. The Morgan fingerprint density at radius 1 is 1.25 bits per heavy atom. The Hall–Kier alpha value is -0.310. The minimum absolute atomic E-state index is 0.690. The maximum Gasteiger partial charge on any atom is 0.370 e. The van der Waals surface area contributed by atoms with Crippen LogP contribution in [0.3, 0.4) is 0 Å². The zero-order valence-corrected chi connectivity index (χ0v) is 11.3. The van der Waals surface area contributed by atoms with Crippen molar-refractivity contribution in [2.24, 2.45) is 5.92 Å². The molecule has 120 valence electrons. The van der Waals surface area contributed by atoms with Crippen LogP contribution in [-0.2, 0) is 13.6 Å². The van der Waals surface area contributed by atoms with E-state index >= 15 is 0 Å². The lowest BCUT2D eigenvalue weighted by atomic mass is 9.90. The van der Waals surface area contributed by atoms with Crippen molar-refractivity contribution < 1.29 is 44.8 Å². The van der Waals surface area contributed by atoms with Gasteiger partial charge < -0.3 is 9.42 Å². The molecule has 3 unspecified atom stereocenters. The number of rotatable bonds is 1. The second-order valence-electron chi connectivity index (χ2n) is 4.62. The van der Waals surface area contributed by atoms with Crippen LogP contribution in [0.1, 0.15) is 20.3 Å². The molecule has 0 aliphatic carbocycles. The molecule has 0 spiro atoms. The number of hydrogen-bond acceptors (Lipinski definition) is 4. The maximum absolute atomic E-state index is 14.2. The Morgan fingerprint density at radius 2 is 1.75 bits per heavy atom. The SMILES string of the molecule is CC(C)C1(F)OP(=O)([O-])OCCC(F)C(F)(F)C1(F)F. The maximum atomic E-state index is 14.2. The zero-order chi connectivity index (χ0) is 16.0. The van der Waals surface area contributed by atoms with E-state index in [4.69, 9.17) is 0 Å². The molecule has 0 amide bonds. The summed E-state index contributed by atoms with van der Waals surface area (Å²) in [5.41, 5.74) is 0. The van der Waals surface area contributed by atoms with Crippen LogP contribution in [0.15, 0.2) is 0 Å². The smallest absolute Gasteiger partial charge is 0.370 e. The Morgan fingerprint density at radius 3 is 2.20 bits per heavy atom. The normalized spacial score (nSPS) is 41.8. The fourth-order valence-corrected chi connectivity index (χ4v) is 2.62. The molecule has 3 atom stereocenters. The monoisotopic (exact) mass is 329 g/mol. The fraction of sp³-hybridized carbons (Fsp3) is 1.00.